The van der Waals surface area contributed by atoms with Gasteiger partial charge in [-0.2, -0.15) is 0 Å². The zero-order valence-electron chi connectivity index (χ0n) is 6.92. The predicted octanol–water partition coefficient (Wildman–Crippen LogP) is 1.30. The molecule has 1 rings (SSSR count). The van der Waals surface area contributed by atoms with E-state index in [1.54, 1.807) is 4.68 Å². The highest BCUT2D eigenvalue weighted by Gasteiger charge is 2.20. The summed E-state index contributed by atoms with van der Waals surface area (Å²) in [5.74, 6) is 5.44. The van der Waals surface area contributed by atoms with E-state index in [-0.39, 0.29) is 0 Å². The van der Waals surface area contributed by atoms with E-state index in [1.165, 1.54) is 0 Å². The number of hydrogen-bond donors (Lipinski definition) is 1. The van der Waals surface area contributed by atoms with Crippen LogP contribution in [0.1, 0.15) is 5.69 Å². The molecule has 2 nitrogen and oxygen atoms in total. The fourth-order valence-electron chi connectivity index (χ4n) is 0.541. The molecule has 0 aliphatic rings. The van der Waals surface area contributed by atoms with Gasteiger partial charge in [0.15, 0.2) is 6.20 Å². The fourth-order valence-corrected chi connectivity index (χ4v) is 0.541. The maximum atomic E-state index is 9.75. The molecule has 0 aromatic carbocycles. The topological polar surface area (TPSA) is 29.9 Å². The van der Waals surface area contributed by atoms with Crippen LogP contribution in [0.25, 0.3) is 0 Å². The molecule has 0 saturated carbocycles. The Bertz CT molecular complexity index is 236. The van der Waals surface area contributed by atoms with E-state index in [2.05, 4.69) is 0 Å². The van der Waals surface area contributed by atoms with Crippen LogP contribution >= 0.6 is 0 Å². The summed E-state index contributed by atoms with van der Waals surface area (Å²) in [6.45, 7) is 1.96. The van der Waals surface area contributed by atoms with Crippen LogP contribution in [0.3, 0.4) is 0 Å². The minimum atomic E-state index is -6.00. The quantitative estimate of drug-likeness (QED) is 0.288. The second-order valence-electron chi connectivity index (χ2n) is 2.24. The summed E-state index contributed by atoms with van der Waals surface area (Å²) in [6, 6.07) is 5.81. The second-order valence-corrected chi connectivity index (χ2v) is 2.24. The summed E-state index contributed by atoms with van der Waals surface area (Å²) in [5.41, 5.74) is 1.06. The zero-order valence-corrected chi connectivity index (χ0v) is 6.92. The standard InChI is InChI=1S/C6H9N2.BF4/c1-6-4-2-3-5-8(6)7;2-1(3,4)5/h2-5H,7H2,1H3;/q+1;-1. The van der Waals surface area contributed by atoms with Crippen molar-refractivity contribution in [2.24, 2.45) is 0 Å². The third-order valence-corrected chi connectivity index (χ3v) is 1.10. The van der Waals surface area contributed by atoms with Gasteiger partial charge in [0.2, 0.25) is 5.69 Å². The van der Waals surface area contributed by atoms with Gasteiger partial charge >= 0.3 is 7.25 Å². The van der Waals surface area contributed by atoms with Crippen molar-refractivity contribution >= 4 is 7.25 Å². The average Bonchev–Trinajstić information content (AvgIpc) is 1.92. The first-order valence-electron chi connectivity index (χ1n) is 3.40. The van der Waals surface area contributed by atoms with E-state index in [0.717, 1.165) is 5.69 Å². The third-order valence-electron chi connectivity index (χ3n) is 1.10. The number of aryl methyl sites for hydroxylation is 1. The van der Waals surface area contributed by atoms with Crippen molar-refractivity contribution in [1.29, 1.82) is 0 Å². The molecule has 0 aliphatic heterocycles. The summed E-state index contributed by atoms with van der Waals surface area (Å²) in [5, 5.41) is 0. The number of rotatable bonds is 0. The van der Waals surface area contributed by atoms with Gasteiger partial charge in [-0.15, -0.1) is 0 Å². The summed E-state index contributed by atoms with van der Waals surface area (Å²) in [4.78, 5) is 0. The van der Waals surface area contributed by atoms with Crippen LogP contribution in [-0.2, 0) is 0 Å². The predicted molar refractivity (Wildman–Crippen MR) is 41.7 cm³/mol. The lowest BCUT2D eigenvalue weighted by Crippen LogP contribution is -2.46. The van der Waals surface area contributed by atoms with E-state index in [9.17, 15) is 17.3 Å². The van der Waals surface area contributed by atoms with Crippen LogP contribution in [0.5, 0.6) is 0 Å². The van der Waals surface area contributed by atoms with Gasteiger partial charge in [0.25, 0.3) is 0 Å². The van der Waals surface area contributed by atoms with Crippen molar-refractivity contribution in [3.63, 3.8) is 0 Å². The molecule has 0 unspecified atom stereocenters. The van der Waals surface area contributed by atoms with Crippen LogP contribution in [0.2, 0.25) is 0 Å². The number of nitrogen functional groups attached to an aromatic ring is 1. The smallest absolute Gasteiger partial charge is 0.418 e. The maximum Gasteiger partial charge on any atom is 0.673 e. The molecule has 0 radical (unpaired) electrons. The minimum Gasteiger partial charge on any atom is -0.418 e. The molecular formula is C6H9BF4N2. The summed E-state index contributed by atoms with van der Waals surface area (Å²) in [7, 11) is -6.00. The molecule has 1 aromatic rings. The van der Waals surface area contributed by atoms with Crippen LogP contribution < -0.4 is 10.5 Å². The lowest BCUT2D eigenvalue weighted by atomic mass is 10.3. The van der Waals surface area contributed by atoms with E-state index in [4.69, 9.17) is 5.84 Å². The molecule has 0 aliphatic carbocycles. The molecule has 0 saturated heterocycles. The molecule has 1 aromatic heterocycles. The Balaban J connectivity index is 0.000000252. The molecule has 0 fully saturated rings. The summed E-state index contributed by atoms with van der Waals surface area (Å²) in [6.07, 6.45) is 1.81. The molecule has 0 bridgehead atoms. The molecule has 13 heavy (non-hydrogen) atoms. The Hall–Kier alpha value is -1.27. The maximum absolute atomic E-state index is 9.75. The van der Waals surface area contributed by atoms with Crippen LogP contribution in [-0.4, -0.2) is 7.25 Å². The number of hydrogen-bond acceptors (Lipinski definition) is 1. The van der Waals surface area contributed by atoms with Gasteiger partial charge < -0.3 is 17.3 Å². The first-order valence-corrected chi connectivity index (χ1v) is 3.40. The molecule has 1 heterocycles. The Labute approximate surface area is 73.1 Å². The monoisotopic (exact) mass is 196 g/mol. The van der Waals surface area contributed by atoms with Crippen LogP contribution in [0.4, 0.5) is 17.3 Å². The highest BCUT2D eigenvalue weighted by molar-refractivity contribution is 6.50. The third kappa shape index (κ3) is 8.64. The van der Waals surface area contributed by atoms with Gasteiger partial charge in [-0.05, 0) is 6.07 Å². The Morgan fingerprint density at radius 1 is 1.23 bits per heavy atom. The van der Waals surface area contributed by atoms with Crippen LogP contribution in [0, 0.1) is 6.92 Å². The van der Waals surface area contributed by atoms with Crippen molar-refractivity contribution in [2.45, 2.75) is 6.92 Å². The number of aromatic nitrogens is 1. The van der Waals surface area contributed by atoms with E-state index in [0.29, 0.717) is 0 Å². The molecular weight excluding hydrogens is 187 g/mol. The van der Waals surface area contributed by atoms with E-state index in [1.807, 2.05) is 31.3 Å². The molecule has 74 valence electrons. The van der Waals surface area contributed by atoms with E-state index >= 15 is 0 Å². The number of halogens is 4. The molecule has 0 atom stereocenters. The van der Waals surface area contributed by atoms with Gasteiger partial charge in [-0.25, -0.2) is 5.84 Å². The highest BCUT2D eigenvalue weighted by atomic mass is 19.5. The first kappa shape index (κ1) is 11.7. The normalized spacial score (nSPS) is 10.2. The Morgan fingerprint density at radius 2 is 1.69 bits per heavy atom. The van der Waals surface area contributed by atoms with Crippen molar-refractivity contribution in [3.05, 3.63) is 30.1 Å². The van der Waals surface area contributed by atoms with Gasteiger partial charge in [0.05, 0.1) is 0 Å². The van der Waals surface area contributed by atoms with Crippen molar-refractivity contribution in [2.75, 3.05) is 5.84 Å². The number of pyridine rings is 1. The number of nitrogens with zero attached hydrogens (tertiary/aromatic N) is 1. The van der Waals surface area contributed by atoms with E-state index < -0.39 is 7.25 Å². The first-order chi connectivity index (χ1) is 5.80. The minimum absolute atomic E-state index is 1.06. The number of nitrogens with two attached hydrogens (primary N) is 1. The highest BCUT2D eigenvalue weighted by Crippen LogP contribution is 2.06. The van der Waals surface area contributed by atoms with Gasteiger partial charge in [-0.3, -0.25) is 0 Å². The average molecular weight is 196 g/mol. The largest absolute Gasteiger partial charge is 0.673 e. The molecule has 2 N–H and O–H groups in total. The Kier molecular flexibility index (Phi) is 4.23. The van der Waals surface area contributed by atoms with Crippen molar-refractivity contribution in [1.82, 2.24) is 0 Å². The Morgan fingerprint density at radius 3 is 1.92 bits per heavy atom. The summed E-state index contributed by atoms with van der Waals surface area (Å²) >= 11 is 0. The molecule has 7 heteroatoms. The lowest BCUT2D eigenvalue weighted by Gasteiger charge is -1.94. The zero-order chi connectivity index (χ0) is 10.5. The SMILES string of the molecule is Cc1cccc[n+]1N.F[B-](F)(F)F. The molecule has 0 spiro atoms. The van der Waals surface area contributed by atoms with Crippen molar-refractivity contribution in [3.8, 4) is 0 Å². The van der Waals surface area contributed by atoms with Gasteiger partial charge in [0, 0.05) is 19.1 Å². The summed E-state index contributed by atoms with van der Waals surface area (Å²) < 4.78 is 40.6. The van der Waals surface area contributed by atoms with Crippen molar-refractivity contribution < 1.29 is 21.9 Å². The fraction of sp³-hybridized carbons (Fsp3) is 0.167. The van der Waals surface area contributed by atoms with Gasteiger partial charge in [0.1, 0.15) is 0 Å². The van der Waals surface area contributed by atoms with Gasteiger partial charge in [-0.1, -0.05) is 4.68 Å². The molecule has 0 amide bonds. The lowest BCUT2D eigenvalue weighted by molar-refractivity contribution is -0.645. The second kappa shape index (κ2) is 4.69. The van der Waals surface area contributed by atoms with Crippen LogP contribution in [0.15, 0.2) is 24.4 Å².